The number of nitrogens with zero attached hydrogens (tertiary/aromatic N) is 2. The van der Waals surface area contributed by atoms with Gasteiger partial charge in [0.2, 0.25) is 5.91 Å². The lowest BCUT2D eigenvalue weighted by Crippen LogP contribution is -2.26. The number of anilines is 1. The first-order chi connectivity index (χ1) is 6.61. The van der Waals surface area contributed by atoms with Gasteiger partial charge in [-0.3, -0.25) is 9.59 Å². The van der Waals surface area contributed by atoms with Gasteiger partial charge >= 0.3 is 5.97 Å². The second-order valence-electron chi connectivity index (χ2n) is 2.68. The maximum absolute atomic E-state index is 11.2. The zero-order valence-corrected chi connectivity index (χ0v) is 7.47. The number of carboxylic acids is 1. The van der Waals surface area contributed by atoms with Crippen LogP contribution >= 0.6 is 0 Å². The Labute approximate surface area is 80.0 Å². The summed E-state index contributed by atoms with van der Waals surface area (Å²) in [6, 6.07) is 0. The number of nitrogens with one attached hydrogen (secondary N) is 1. The number of carbonyl (C=O) groups excluding carboxylic acids is 1. The maximum Gasteiger partial charge on any atom is 0.315 e. The number of hydrogen-bond acceptors (Lipinski definition) is 4. The Hall–Kier alpha value is -1.98. The Kier molecular flexibility index (Phi) is 3.11. The molecule has 0 spiro atoms. The molecule has 1 aromatic heterocycles. The van der Waals surface area contributed by atoms with Crippen molar-refractivity contribution in [3.63, 3.8) is 0 Å². The van der Waals surface area contributed by atoms with E-state index >= 15 is 0 Å². The molecule has 1 heterocycles. The molecular weight excluding hydrogens is 186 g/mol. The molecule has 2 N–H and O–H groups in total. The highest BCUT2D eigenvalue weighted by atomic mass is 16.4. The van der Waals surface area contributed by atoms with Gasteiger partial charge in [0.05, 0.1) is 18.1 Å². The average Bonchev–Trinajstić information content (AvgIpc) is 2.18. The minimum atomic E-state index is -1.17. The molecule has 0 aliphatic heterocycles. The zero-order chi connectivity index (χ0) is 10.6. The van der Waals surface area contributed by atoms with Crippen LogP contribution in [0.2, 0.25) is 0 Å². The highest BCUT2D eigenvalue weighted by Gasteiger charge is 2.20. The number of amides is 1. The van der Waals surface area contributed by atoms with Crippen molar-refractivity contribution in [2.75, 3.05) is 5.32 Å². The third-order valence-electron chi connectivity index (χ3n) is 1.59. The molecule has 0 saturated heterocycles. The Bertz CT molecular complexity index is 339. The van der Waals surface area contributed by atoms with Gasteiger partial charge in [0.25, 0.3) is 0 Å². The normalized spacial score (nSPS) is 11.8. The van der Waals surface area contributed by atoms with Crippen molar-refractivity contribution in [1.29, 1.82) is 0 Å². The van der Waals surface area contributed by atoms with Crippen LogP contribution in [0, 0.1) is 5.92 Å². The van der Waals surface area contributed by atoms with Crippen LogP contribution in [0.15, 0.2) is 18.7 Å². The molecule has 1 amide bonds. The molecule has 0 aliphatic carbocycles. The van der Waals surface area contributed by atoms with Gasteiger partial charge in [-0.25, -0.2) is 9.97 Å². The topological polar surface area (TPSA) is 92.2 Å². The summed E-state index contributed by atoms with van der Waals surface area (Å²) in [5, 5.41) is 10.9. The number of aliphatic carboxylic acids is 1. The summed E-state index contributed by atoms with van der Waals surface area (Å²) in [6.07, 6.45) is 4.09. The van der Waals surface area contributed by atoms with E-state index in [0.717, 1.165) is 0 Å². The van der Waals surface area contributed by atoms with Crippen LogP contribution < -0.4 is 5.32 Å². The summed E-state index contributed by atoms with van der Waals surface area (Å²) in [7, 11) is 0. The first kappa shape index (κ1) is 10.1. The van der Waals surface area contributed by atoms with E-state index in [0.29, 0.717) is 5.69 Å². The van der Waals surface area contributed by atoms with Gasteiger partial charge in [0.15, 0.2) is 0 Å². The standard InChI is InChI=1S/C8H9N3O3/c1-5(8(13)14)7(12)11-6-2-9-4-10-3-6/h2-5H,1H3,(H,11,12)(H,13,14). The predicted molar refractivity (Wildman–Crippen MR) is 47.5 cm³/mol. The second kappa shape index (κ2) is 4.31. The second-order valence-corrected chi connectivity index (χ2v) is 2.68. The fourth-order valence-corrected chi connectivity index (χ4v) is 0.726. The monoisotopic (exact) mass is 195 g/mol. The van der Waals surface area contributed by atoms with E-state index in [9.17, 15) is 9.59 Å². The Balaban J connectivity index is 2.62. The molecule has 1 rings (SSSR count). The summed E-state index contributed by atoms with van der Waals surface area (Å²) < 4.78 is 0. The molecule has 14 heavy (non-hydrogen) atoms. The SMILES string of the molecule is CC(C(=O)O)C(=O)Nc1cncnc1. The van der Waals surface area contributed by atoms with Crippen LogP contribution in [-0.4, -0.2) is 27.0 Å². The molecular formula is C8H9N3O3. The molecule has 0 aromatic carbocycles. The minimum absolute atomic E-state index is 0.380. The van der Waals surface area contributed by atoms with Crippen molar-refractivity contribution < 1.29 is 14.7 Å². The van der Waals surface area contributed by atoms with Crippen molar-refractivity contribution in [1.82, 2.24) is 9.97 Å². The van der Waals surface area contributed by atoms with E-state index in [1.54, 1.807) is 0 Å². The van der Waals surface area contributed by atoms with E-state index in [2.05, 4.69) is 15.3 Å². The van der Waals surface area contributed by atoms with Gasteiger partial charge in [0.1, 0.15) is 12.2 Å². The van der Waals surface area contributed by atoms with E-state index in [-0.39, 0.29) is 0 Å². The van der Waals surface area contributed by atoms with Gasteiger partial charge < -0.3 is 10.4 Å². The van der Waals surface area contributed by atoms with E-state index in [1.807, 2.05) is 0 Å². The van der Waals surface area contributed by atoms with Crippen LogP contribution in [0.4, 0.5) is 5.69 Å². The van der Waals surface area contributed by atoms with Crippen LogP contribution in [-0.2, 0) is 9.59 Å². The van der Waals surface area contributed by atoms with E-state index in [1.165, 1.54) is 25.6 Å². The number of carboxylic acid groups (broad SMARTS) is 1. The van der Waals surface area contributed by atoms with Crippen LogP contribution in [0.5, 0.6) is 0 Å². The van der Waals surface area contributed by atoms with Crippen LogP contribution in [0.3, 0.4) is 0 Å². The lowest BCUT2D eigenvalue weighted by Gasteiger charge is -2.06. The summed E-state index contributed by atoms with van der Waals surface area (Å²) in [4.78, 5) is 29.0. The van der Waals surface area contributed by atoms with Crippen LogP contribution in [0.25, 0.3) is 0 Å². The molecule has 1 unspecified atom stereocenters. The molecule has 0 fully saturated rings. The first-order valence-corrected chi connectivity index (χ1v) is 3.90. The van der Waals surface area contributed by atoms with E-state index in [4.69, 9.17) is 5.11 Å². The highest BCUT2D eigenvalue weighted by Crippen LogP contribution is 2.04. The van der Waals surface area contributed by atoms with E-state index < -0.39 is 17.8 Å². The molecule has 0 saturated carbocycles. The molecule has 1 atom stereocenters. The van der Waals surface area contributed by atoms with Crippen molar-refractivity contribution in [3.05, 3.63) is 18.7 Å². The molecule has 6 nitrogen and oxygen atoms in total. The summed E-state index contributed by atoms with van der Waals surface area (Å²) in [6.45, 7) is 1.31. The maximum atomic E-state index is 11.2. The number of rotatable bonds is 3. The quantitative estimate of drug-likeness (QED) is 0.669. The summed E-state index contributed by atoms with van der Waals surface area (Å²) >= 11 is 0. The summed E-state index contributed by atoms with van der Waals surface area (Å²) in [5.74, 6) is -2.85. The molecule has 74 valence electrons. The van der Waals surface area contributed by atoms with Crippen molar-refractivity contribution >= 4 is 17.6 Å². The Morgan fingerprint density at radius 3 is 2.50 bits per heavy atom. The van der Waals surface area contributed by atoms with Crippen LogP contribution in [0.1, 0.15) is 6.92 Å². The predicted octanol–water partition coefficient (Wildman–Crippen LogP) is 0.136. The average molecular weight is 195 g/mol. The van der Waals surface area contributed by atoms with Gasteiger partial charge in [0, 0.05) is 0 Å². The lowest BCUT2D eigenvalue weighted by molar-refractivity contribution is -0.144. The molecule has 6 heteroatoms. The molecule has 0 aliphatic rings. The Morgan fingerprint density at radius 1 is 1.43 bits per heavy atom. The van der Waals surface area contributed by atoms with Gasteiger partial charge in [-0.15, -0.1) is 0 Å². The lowest BCUT2D eigenvalue weighted by atomic mass is 10.2. The number of aromatic nitrogens is 2. The fraction of sp³-hybridized carbons (Fsp3) is 0.250. The highest BCUT2D eigenvalue weighted by molar-refractivity contribution is 6.03. The molecule has 0 bridgehead atoms. The third-order valence-corrected chi connectivity index (χ3v) is 1.59. The molecule has 0 radical (unpaired) electrons. The Morgan fingerprint density at radius 2 is 2.00 bits per heavy atom. The smallest absolute Gasteiger partial charge is 0.315 e. The van der Waals surface area contributed by atoms with Crippen molar-refractivity contribution in [2.24, 2.45) is 5.92 Å². The van der Waals surface area contributed by atoms with Gasteiger partial charge in [-0.1, -0.05) is 0 Å². The largest absolute Gasteiger partial charge is 0.481 e. The third kappa shape index (κ3) is 2.51. The molecule has 1 aromatic rings. The number of carbonyl (C=O) groups is 2. The zero-order valence-electron chi connectivity index (χ0n) is 7.47. The fourth-order valence-electron chi connectivity index (χ4n) is 0.726. The van der Waals surface area contributed by atoms with Crippen molar-refractivity contribution in [3.8, 4) is 0 Å². The first-order valence-electron chi connectivity index (χ1n) is 3.90. The minimum Gasteiger partial charge on any atom is -0.481 e. The van der Waals surface area contributed by atoms with Crippen molar-refractivity contribution in [2.45, 2.75) is 6.92 Å². The van der Waals surface area contributed by atoms with Gasteiger partial charge in [-0.05, 0) is 6.92 Å². The summed E-state index contributed by atoms with van der Waals surface area (Å²) in [5.41, 5.74) is 0.380. The number of hydrogen-bond donors (Lipinski definition) is 2. The van der Waals surface area contributed by atoms with Gasteiger partial charge in [-0.2, -0.15) is 0 Å².